The lowest BCUT2D eigenvalue weighted by molar-refractivity contribution is -0.384. The van der Waals surface area contributed by atoms with Crippen LogP contribution in [0.2, 0.25) is 0 Å². The maximum atomic E-state index is 10.7. The van der Waals surface area contributed by atoms with Crippen LogP contribution >= 0.6 is 23.4 Å². The van der Waals surface area contributed by atoms with Gasteiger partial charge in [0, 0.05) is 22.6 Å². The van der Waals surface area contributed by atoms with E-state index in [1.165, 1.54) is 12.1 Å². The summed E-state index contributed by atoms with van der Waals surface area (Å²) in [5, 5.41) is 10.7. The predicted octanol–water partition coefficient (Wildman–Crippen LogP) is 4.85. The quantitative estimate of drug-likeness (QED) is 0.343. The minimum absolute atomic E-state index is 0.00531. The van der Waals surface area contributed by atoms with E-state index in [9.17, 15) is 10.1 Å². The Labute approximate surface area is 125 Å². The summed E-state index contributed by atoms with van der Waals surface area (Å²) in [5.41, 5.74) is 0.598. The molecule has 0 radical (unpaired) electrons. The van der Waals surface area contributed by atoms with Crippen LogP contribution < -0.4 is 4.74 Å². The highest BCUT2D eigenvalue weighted by Crippen LogP contribution is 2.30. The van der Waals surface area contributed by atoms with Crippen LogP contribution in [0.4, 0.5) is 5.69 Å². The third-order valence-corrected chi connectivity index (χ3v) is 3.72. The van der Waals surface area contributed by atoms with Crippen molar-refractivity contribution in [1.82, 2.24) is 0 Å². The summed E-state index contributed by atoms with van der Waals surface area (Å²) < 4.78 is 5.72. The second kappa shape index (κ2) is 6.63. The molecule has 0 aliphatic rings. The molecular weight excluding hydrogens is 298 g/mol. The minimum atomic E-state index is -0.451. The van der Waals surface area contributed by atoms with Gasteiger partial charge in [0.2, 0.25) is 0 Å². The van der Waals surface area contributed by atoms with Crippen molar-refractivity contribution in [2.24, 2.45) is 0 Å². The number of hydrogen-bond donors (Lipinski definition) is 0. The first-order valence-corrected chi connectivity index (χ1v) is 7.55. The average Bonchev–Trinajstić information content (AvgIpc) is 2.48. The van der Waals surface area contributed by atoms with E-state index in [0.29, 0.717) is 17.1 Å². The fourth-order valence-electron chi connectivity index (χ4n) is 1.65. The zero-order chi connectivity index (χ0) is 14.5. The summed E-state index contributed by atoms with van der Waals surface area (Å²) in [6.45, 7) is 0. The van der Waals surface area contributed by atoms with Gasteiger partial charge in [-0.2, -0.15) is 0 Å². The maximum absolute atomic E-state index is 10.7. The van der Waals surface area contributed by atoms with Gasteiger partial charge in [-0.3, -0.25) is 10.1 Å². The van der Waals surface area contributed by atoms with Crippen molar-refractivity contribution < 1.29 is 9.66 Å². The first kappa shape index (κ1) is 14.7. The molecule has 0 aromatic heterocycles. The van der Waals surface area contributed by atoms with Crippen molar-refractivity contribution in [3.05, 3.63) is 58.1 Å². The Morgan fingerprint density at radius 2 is 1.95 bits per heavy atom. The van der Waals surface area contributed by atoms with Crippen LogP contribution in [-0.2, 0) is 5.88 Å². The first-order chi connectivity index (χ1) is 9.63. The second-order valence-corrected chi connectivity index (χ2v) is 5.11. The SMILES string of the molecule is CSc1ccc(Oc2ccc([N+](=O)[O-])cc2CCl)cc1. The number of alkyl halides is 1. The van der Waals surface area contributed by atoms with E-state index in [4.69, 9.17) is 16.3 Å². The van der Waals surface area contributed by atoms with E-state index in [-0.39, 0.29) is 11.6 Å². The molecule has 0 amide bonds. The van der Waals surface area contributed by atoms with Gasteiger partial charge in [-0.1, -0.05) is 0 Å². The van der Waals surface area contributed by atoms with E-state index in [2.05, 4.69) is 0 Å². The van der Waals surface area contributed by atoms with Crippen molar-refractivity contribution >= 4 is 29.1 Å². The zero-order valence-corrected chi connectivity index (χ0v) is 12.3. The molecule has 4 nitrogen and oxygen atoms in total. The van der Waals surface area contributed by atoms with Gasteiger partial charge in [0.15, 0.2) is 0 Å². The lowest BCUT2D eigenvalue weighted by Gasteiger charge is -2.09. The summed E-state index contributed by atoms with van der Waals surface area (Å²) in [4.78, 5) is 11.4. The van der Waals surface area contributed by atoms with Crippen LogP contribution in [0.5, 0.6) is 11.5 Å². The molecule has 104 valence electrons. The zero-order valence-electron chi connectivity index (χ0n) is 10.7. The molecule has 2 aromatic rings. The smallest absolute Gasteiger partial charge is 0.270 e. The summed E-state index contributed by atoms with van der Waals surface area (Å²) in [7, 11) is 0. The Morgan fingerprint density at radius 1 is 1.25 bits per heavy atom. The maximum Gasteiger partial charge on any atom is 0.270 e. The van der Waals surface area contributed by atoms with E-state index < -0.39 is 4.92 Å². The van der Waals surface area contributed by atoms with Crippen LogP contribution in [0.3, 0.4) is 0 Å². The number of nitro groups is 1. The molecule has 20 heavy (non-hydrogen) atoms. The van der Waals surface area contributed by atoms with Gasteiger partial charge in [0.1, 0.15) is 11.5 Å². The number of rotatable bonds is 5. The monoisotopic (exact) mass is 309 g/mol. The normalized spacial score (nSPS) is 10.3. The van der Waals surface area contributed by atoms with E-state index in [1.54, 1.807) is 17.8 Å². The largest absolute Gasteiger partial charge is 0.457 e. The topological polar surface area (TPSA) is 52.4 Å². The minimum Gasteiger partial charge on any atom is -0.457 e. The fourth-order valence-corrected chi connectivity index (χ4v) is 2.27. The van der Waals surface area contributed by atoms with Crippen molar-refractivity contribution in [1.29, 1.82) is 0 Å². The summed E-state index contributed by atoms with van der Waals surface area (Å²) in [5.74, 6) is 1.35. The molecule has 0 fully saturated rings. The number of benzene rings is 2. The van der Waals surface area contributed by atoms with Gasteiger partial charge in [-0.25, -0.2) is 0 Å². The van der Waals surface area contributed by atoms with Gasteiger partial charge in [-0.05, 0) is 36.6 Å². The fraction of sp³-hybridized carbons (Fsp3) is 0.143. The standard InChI is InChI=1S/C14H12ClNO3S/c1-20-13-5-3-12(4-6-13)19-14-7-2-11(16(17)18)8-10(14)9-15/h2-8H,9H2,1H3. The van der Waals surface area contributed by atoms with Crippen molar-refractivity contribution in [3.8, 4) is 11.5 Å². The third-order valence-electron chi connectivity index (χ3n) is 2.69. The molecule has 0 saturated heterocycles. The van der Waals surface area contributed by atoms with Crippen molar-refractivity contribution in [2.75, 3.05) is 6.26 Å². The Balaban J connectivity index is 2.25. The molecule has 0 heterocycles. The van der Waals surface area contributed by atoms with Crippen LogP contribution in [-0.4, -0.2) is 11.2 Å². The Bertz CT molecular complexity index is 616. The number of hydrogen-bond acceptors (Lipinski definition) is 4. The van der Waals surface area contributed by atoms with E-state index >= 15 is 0 Å². The van der Waals surface area contributed by atoms with Crippen LogP contribution in [0.1, 0.15) is 5.56 Å². The summed E-state index contributed by atoms with van der Waals surface area (Å²) in [6, 6.07) is 12.0. The number of halogens is 1. The molecule has 6 heteroatoms. The molecule has 2 rings (SSSR count). The van der Waals surface area contributed by atoms with Crippen LogP contribution in [0.15, 0.2) is 47.4 Å². The van der Waals surface area contributed by atoms with E-state index in [0.717, 1.165) is 4.90 Å². The van der Waals surface area contributed by atoms with E-state index in [1.807, 2.05) is 30.5 Å². The highest BCUT2D eigenvalue weighted by atomic mass is 35.5. The van der Waals surface area contributed by atoms with Gasteiger partial charge in [0.25, 0.3) is 5.69 Å². The first-order valence-electron chi connectivity index (χ1n) is 5.79. The van der Waals surface area contributed by atoms with Crippen LogP contribution in [0, 0.1) is 10.1 Å². The van der Waals surface area contributed by atoms with Crippen molar-refractivity contribution in [3.63, 3.8) is 0 Å². The Morgan fingerprint density at radius 3 is 2.50 bits per heavy atom. The summed E-state index contributed by atoms with van der Waals surface area (Å²) in [6.07, 6.45) is 2.00. The number of non-ortho nitro benzene ring substituents is 1. The molecule has 0 unspecified atom stereocenters. The molecular formula is C14H12ClNO3S. The highest BCUT2D eigenvalue weighted by Gasteiger charge is 2.11. The molecule has 0 saturated carbocycles. The Hall–Kier alpha value is -1.72. The highest BCUT2D eigenvalue weighted by molar-refractivity contribution is 7.98. The molecule has 0 N–H and O–H groups in total. The number of ether oxygens (including phenoxy) is 1. The van der Waals surface area contributed by atoms with Gasteiger partial charge >= 0.3 is 0 Å². The molecule has 2 aromatic carbocycles. The number of thioether (sulfide) groups is 1. The van der Waals surface area contributed by atoms with Gasteiger partial charge < -0.3 is 4.74 Å². The van der Waals surface area contributed by atoms with Crippen molar-refractivity contribution in [2.45, 2.75) is 10.8 Å². The average molecular weight is 310 g/mol. The second-order valence-electron chi connectivity index (χ2n) is 3.96. The predicted molar refractivity (Wildman–Crippen MR) is 81.0 cm³/mol. The van der Waals surface area contributed by atoms with Crippen LogP contribution in [0.25, 0.3) is 0 Å². The van der Waals surface area contributed by atoms with Gasteiger partial charge in [0.05, 0.1) is 10.8 Å². The third kappa shape index (κ3) is 3.43. The number of nitro benzene ring substituents is 1. The molecule has 0 spiro atoms. The molecule has 0 aliphatic carbocycles. The summed E-state index contributed by atoms with van der Waals surface area (Å²) >= 11 is 7.46. The Kier molecular flexibility index (Phi) is 4.87. The number of nitrogens with zero attached hydrogens (tertiary/aromatic N) is 1. The lowest BCUT2D eigenvalue weighted by atomic mass is 10.2. The molecule has 0 aliphatic heterocycles. The van der Waals surface area contributed by atoms with Gasteiger partial charge in [-0.15, -0.1) is 23.4 Å². The lowest BCUT2D eigenvalue weighted by Crippen LogP contribution is -1.93. The molecule has 0 bridgehead atoms. The molecule has 0 atom stereocenters.